The highest BCUT2D eigenvalue weighted by molar-refractivity contribution is 9.10. The second-order valence-electron chi connectivity index (χ2n) is 19.4. The molecule has 2 unspecified atom stereocenters. The van der Waals surface area contributed by atoms with E-state index in [2.05, 4.69) is 80.6 Å². The van der Waals surface area contributed by atoms with Crippen LogP contribution < -0.4 is 35.8 Å². The molecule has 2 aromatic heterocycles. The average Bonchev–Trinajstić information content (AvgIpc) is 3.60. The Hall–Kier alpha value is -6.21. The standard InChI is InChI=1S/C50H58BrN12O7P/c1-5-30-23-38(56-50-54-26-35(51)46(58-50)55-37-9-8-36-44(53-15-14-52-36)45(37)71(3,4)69)41(70-2)25-40(30)60-16-12-31(13-17-60)59-18-20-61(21-19-59)43(65)22-29-27-62(28-29)32-6-7-33-34(24-32)49(68)63(48(33)67)39-10-11-42(64)57-47(39)66/h6-9,14-15,23-26,29,31,39,47,66H,5,10-13,16-22,27-28H2,1-4H3,(H,57,64)(H2,54,55,56,58). The molecule has 2 atom stereocenters. The van der Waals surface area contributed by atoms with Crippen molar-refractivity contribution in [2.24, 2.45) is 5.92 Å². The molecular weight excluding hydrogens is 992 g/mol. The van der Waals surface area contributed by atoms with E-state index in [-0.39, 0.29) is 30.6 Å². The summed E-state index contributed by atoms with van der Waals surface area (Å²) in [7, 11) is -1.13. The fourth-order valence-corrected chi connectivity index (χ4v) is 12.5. The molecule has 4 saturated heterocycles. The van der Waals surface area contributed by atoms with Crippen molar-refractivity contribution in [3.05, 3.63) is 82.2 Å². The molecule has 4 N–H and O–H groups in total. The van der Waals surface area contributed by atoms with Gasteiger partial charge >= 0.3 is 0 Å². The number of aromatic nitrogens is 4. The summed E-state index contributed by atoms with van der Waals surface area (Å²) >= 11 is 3.59. The number of ether oxygens (including phenoxy) is 1. The molecule has 0 bridgehead atoms. The molecule has 5 aliphatic rings. The predicted molar refractivity (Wildman–Crippen MR) is 275 cm³/mol. The molecule has 5 aliphatic heterocycles. The Morgan fingerprint density at radius 3 is 2.35 bits per heavy atom. The summed E-state index contributed by atoms with van der Waals surface area (Å²) in [5.74, 6) is 0.645. The third-order valence-corrected chi connectivity index (χ3v) is 16.6. The number of methoxy groups -OCH3 is 1. The molecule has 0 saturated carbocycles. The molecule has 372 valence electrons. The number of rotatable bonds is 13. The highest BCUT2D eigenvalue weighted by Crippen LogP contribution is 2.42. The van der Waals surface area contributed by atoms with E-state index in [1.54, 1.807) is 51.2 Å². The number of imide groups is 1. The lowest BCUT2D eigenvalue weighted by Gasteiger charge is -2.45. The highest BCUT2D eigenvalue weighted by Gasteiger charge is 2.45. The number of fused-ring (bicyclic) bond motifs is 2. The zero-order valence-corrected chi connectivity index (χ0v) is 42.7. The molecule has 71 heavy (non-hydrogen) atoms. The maximum absolute atomic E-state index is 13.6. The maximum atomic E-state index is 13.6. The van der Waals surface area contributed by atoms with Gasteiger partial charge in [0, 0.05) is 113 Å². The molecule has 0 spiro atoms. The number of piperidine rings is 2. The van der Waals surface area contributed by atoms with Crippen molar-refractivity contribution < 1.29 is 33.6 Å². The number of aryl methyl sites for hydroxylation is 1. The monoisotopic (exact) mass is 1050 g/mol. The number of aliphatic hydroxyl groups excluding tert-OH is 1. The lowest BCUT2D eigenvalue weighted by molar-refractivity contribution is -0.134. The van der Waals surface area contributed by atoms with Crippen molar-refractivity contribution in [1.29, 1.82) is 0 Å². The van der Waals surface area contributed by atoms with E-state index in [1.165, 1.54) is 5.56 Å². The summed E-state index contributed by atoms with van der Waals surface area (Å²) in [4.78, 5) is 80.3. The number of halogens is 1. The summed E-state index contributed by atoms with van der Waals surface area (Å²) < 4.78 is 20.1. The molecular formula is C50H58BrN12O7P. The number of carbonyl (C=O) groups is 4. The van der Waals surface area contributed by atoms with Gasteiger partial charge in [-0.25, -0.2) is 4.98 Å². The first-order chi connectivity index (χ1) is 34.2. The summed E-state index contributed by atoms with van der Waals surface area (Å²) in [5, 5.41) is 20.2. The molecule has 4 amide bonds. The normalized spacial score (nSPS) is 20.3. The lowest BCUT2D eigenvalue weighted by atomic mass is 9.94. The molecule has 7 heterocycles. The van der Waals surface area contributed by atoms with E-state index < -0.39 is 31.2 Å². The topological polar surface area (TPSA) is 219 Å². The SMILES string of the molecule is CCc1cc(Nc2ncc(Br)c(Nc3ccc4nccnc4c3P(C)(C)=O)n2)c(OC)cc1N1CCC(N2CCN(C(=O)CC3CN(c4ccc5c(c4)C(=O)N(C4CCC(=O)NC4O)C5=O)C3)CC2)CC1. The minimum absolute atomic E-state index is 0.130. The Morgan fingerprint density at radius 1 is 0.887 bits per heavy atom. The van der Waals surface area contributed by atoms with Crippen LogP contribution in [-0.2, 0) is 20.6 Å². The van der Waals surface area contributed by atoms with Gasteiger partial charge in [-0.3, -0.25) is 38.9 Å². The van der Waals surface area contributed by atoms with Crippen molar-refractivity contribution in [2.75, 3.05) is 93.2 Å². The molecule has 21 heteroatoms. The van der Waals surface area contributed by atoms with Crippen molar-refractivity contribution in [3.8, 4) is 5.75 Å². The second-order valence-corrected chi connectivity index (χ2v) is 23.4. The van der Waals surface area contributed by atoms with E-state index in [9.17, 15) is 28.8 Å². The number of nitrogens with zero attached hydrogens (tertiary/aromatic N) is 9. The van der Waals surface area contributed by atoms with Crippen LogP contribution >= 0.6 is 23.1 Å². The van der Waals surface area contributed by atoms with Crippen LogP contribution in [0.2, 0.25) is 0 Å². The fourth-order valence-electron chi connectivity index (χ4n) is 10.8. The van der Waals surface area contributed by atoms with Gasteiger partial charge in [0.25, 0.3) is 11.8 Å². The van der Waals surface area contributed by atoms with E-state index in [0.717, 1.165) is 67.4 Å². The van der Waals surface area contributed by atoms with Gasteiger partial charge in [0.05, 0.1) is 50.9 Å². The van der Waals surface area contributed by atoms with E-state index in [4.69, 9.17) is 9.72 Å². The Balaban J connectivity index is 0.707. The molecule has 10 rings (SSSR count). The number of amides is 4. The largest absolute Gasteiger partial charge is 0.494 e. The zero-order chi connectivity index (χ0) is 49.7. The van der Waals surface area contributed by atoms with Gasteiger partial charge in [-0.05, 0) is 96.9 Å². The van der Waals surface area contributed by atoms with Crippen molar-refractivity contribution >= 4 is 97.6 Å². The summed E-state index contributed by atoms with van der Waals surface area (Å²) in [5.41, 5.74) is 6.35. The fraction of sp³-hybridized carbons (Fsp3) is 0.440. The number of benzene rings is 3. The molecule has 19 nitrogen and oxygen atoms in total. The van der Waals surface area contributed by atoms with Crippen LogP contribution in [0.25, 0.3) is 11.0 Å². The molecule has 0 radical (unpaired) electrons. The third kappa shape index (κ3) is 9.66. The molecule has 3 aromatic carbocycles. The number of carbonyl (C=O) groups excluding carboxylic acids is 4. The number of hydrogen-bond acceptors (Lipinski definition) is 16. The van der Waals surface area contributed by atoms with Gasteiger partial charge in [-0.1, -0.05) is 6.92 Å². The van der Waals surface area contributed by atoms with Crippen molar-refractivity contribution in [1.82, 2.24) is 40.0 Å². The van der Waals surface area contributed by atoms with Gasteiger partial charge in [0.2, 0.25) is 17.8 Å². The van der Waals surface area contributed by atoms with Gasteiger partial charge in [-0.15, -0.1) is 0 Å². The van der Waals surface area contributed by atoms with Crippen LogP contribution in [0.1, 0.15) is 65.3 Å². The van der Waals surface area contributed by atoms with Crippen LogP contribution in [-0.4, -0.2) is 154 Å². The Morgan fingerprint density at radius 2 is 1.63 bits per heavy atom. The van der Waals surface area contributed by atoms with E-state index in [0.29, 0.717) is 93.8 Å². The highest BCUT2D eigenvalue weighted by atomic mass is 79.9. The minimum atomic E-state index is -2.79. The van der Waals surface area contributed by atoms with Gasteiger partial charge in [-0.2, -0.15) is 4.98 Å². The van der Waals surface area contributed by atoms with Gasteiger partial charge < -0.3 is 45.1 Å². The summed E-state index contributed by atoms with van der Waals surface area (Å²) in [6.07, 6.45) is 7.23. The Labute approximate surface area is 420 Å². The van der Waals surface area contributed by atoms with Gasteiger partial charge in [0.15, 0.2) is 0 Å². The second kappa shape index (κ2) is 19.8. The number of nitrogens with one attached hydrogen (secondary N) is 3. The van der Waals surface area contributed by atoms with Crippen LogP contribution in [0.4, 0.5) is 34.5 Å². The average molecular weight is 1050 g/mol. The quantitative estimate of drug-likeness (QED) is 0.0867. The number of anilines is 6. The Kier molecular flexibility index (Phi) is 13.5. The van der Waals surface area contributed by atoms with E-state index >= 15 is 0 Å². The Bertz CT molecular complexity index is 2970. The first kappa shape index (κ1) is 48.4. The number of aliphatic hydroxyl groups is 1. The van der Waals surface area contributed by atoms with Crippen LogP contribution in [0.3, 0.4) is 0 Å². The molecule has 4 fully saturated rings. The summed E-state index contributed by atoms with van der Waals surface area (Å²) in [6, 6.07) is 12.8. The first-order valence-electron chi connectivity index (χ1n) is 24.2. The van der Waals surface area contributed by atoms with Crippen molar-refractivity contribution in [2.45, 2.75) is 63.8 Å². The third-order valence-electron chi connectivity index (χ3n) is 14.5. The first-order valence-corrected chi connectivity index (χ1v) is 27.6. The molecule has 0 aliphatic carbocycles. The van der Waals surface area contributed by atoms with Crippen molar-refractivity contribution in [3.63, 3.8) is 0 Å². The number of piperazine rings is 1. The maximum Gasteiger partial charge on any atom is 0.262 e. The van der Waals surface area contributed by atoms with Crippen LogP contribution in [0.15, 0.2) is 65.5 Å². The number of hydrogen-bond donors (Lipinski definition) is 4. The van der Waals surface area contributed by atoms with Gasteiger partial charge in [0.1, 0.15) is 30.5 Å². The summed E-state index contributed by atoms with van der Waals surface area (Å²) in [6.45, 7) is 11.8. The van der Waals surface area contributed by atoms with Crippen LogP contribution in [0, 0.1) is 5.92 Å². The zero-order valence-electron chi connectivity index (χ0n) is 40.2. The van der Waals surface area contributed by atoms with Crippen LogP contribution in [0.5, 0.6) is 5.75 Å². The molecule has 5 aromatic rings. The lowest BCUT2D eigenvalue weighted by Crippen LogP contribution is -2.57. The van der Waals surface area contributed by atoms with E-state index in [1.807, 2.05) is 23.1 Å². The minimum Gasteiger partial charge on any atom is -0.494 e. The smallest absolute Gasteiger partial charge is 0.262 e. The predicted octanol–water partition coefficient (Wildman–Crippen LogP) is 5.32.